The van der Waals surface area contributed by atoms with Crippen molar-refractivity contribution in [1.29, 1.82) is 0 Å². The number of pyridine rings is 1. The molecule has 0 bridgehead atoms. The van der Waals surface area contributed by atoms with E-state index in [2.05, 4.69) is 4.98 Å². The number of aromatic nitrogens is 1. The molecule has 12 heavy (non-hydrogen) atoms. The van der Waals surface area contributed by atoms with E-state index in [1.807, 2.05) is 0 Å². The number of rotatable bonds is 2. The van der Waals surface area contributed by atoms with Gasteiger partial charge in [-0.25, -0.2) is 4.98 Å². The fourth-order valence-corrected chi connectivity index (χ4v) is 0.824. The molecule has 1 heterocycles. The van der Waals surface area contributed by atoms with E-state index in [9.17, 15) is 0 Å². The molecule has 0 aliphatic rings. The number of halogens is 2. The molecule has 0 aliphatic heterocycles. The van der Waals surface area contributed by atoms with E-state index in [1.165, 1.54) is 0 Å². The van der Waals surface area contributed by atoms with Gasteiger partial charge in [-0.05, 0) is 11.6 Å². The third kappa shape index (κ3) is 2.95. The molecule has 1 aromatic heterocycles. The number of hydrogen-bond acceptors (Lipinski definition) is 3. The van der Waals surface area contributed by atoms with Crippen molar-refractivity contribution in [3.63, 3.8) is 0 Å². The van der Waals surface area contributed by atoms with Gasteiger partial charge in [-0.2, -0.15) is 0 Å². The van der Waals surface area contributed by atoms with Crippen molar-refractivity contribution in [1.82, 2.24) is 4.98 Å². The zero-order valence-electron chi connectivity index (χ0n) is 6.27. The molecule has 1 aromatic rings. The maximum atomic E-state index is 8.67. The molecule has 0 aromatic carbocycles. The summed E-state index contributed by atoms with van der Waals surface area (Å²) in [5, 5.41) is 9.10. The van der Waals surface area contributed by atoms with E-state index >= 15 is 0 Å². The quantitative estimate of drug-likeness (QED) is 0.718. The Morgan fingerprint density at radius 1 is 1.58 bits per heavy atom. The maximum absolute atomic E-state index is 8.67. The van der Waals surface area contributed by atoms with Crippen LogP contribution in [0.5, 0.6) is 0 Å². The highest BCUT2D eigenvalue weighted by molar-refractivity contribution is 6.29. The van der Waals surface area contributed by atoms with Crippen LogP contribution >= 0.6 is 24.0 Å². The molecule has 1 atom stereocenters. The lowest BCUT2D eigenvalue weighted by Crippen LogP contribution is -2.14. The Kier molecular flexibility index (Phi) is 5.17. The first kappa shape index (κ1) is 11.6. The molecule has 5 heteroatoms. The second-order valence-electron chi connectivity index (χ2n) is 2.20. The van der Waals surface area contributed by atoms with Crippen molar-refractivity contribution in [2.75, 3.05) is 6.61 Å². The predicted molar refractivity (Wildman–Crippen MR) is 50.5 cm³/mol. The lowest BCUT2D eigenvalue weighted by atomic mass is 10.1. The van der Waals surface area contributed by atoms with Gasteiger partial charge in [0.25, 0.3) is 0 Å². The average molecular weight is 209 g/mol. The molecular formula is C7H10Cl2N2O. The van der Waals surface area contributed by atoms with Gasteiger partial charge in [-0.1, -0.05) is 17.7 Å². The smallest absolute Gasteiger partial charge is 0.129 e. The highest BCUT2D eigenvalue weighted by Gasteiger charge is 2.02. The van der Waals surface area contributed by atoms with Crippen molar-refractivity contribution in [3.05, 3.63) is 29.0 Å². The summed E-state index contributed by atoms with van der Waals surface area (Å²) < 4.78 is 0. The highest BCUT2D eigenvalue weighted by Crippen LogP contribution is 2.10. The van der Waals surface area contributed by atoms with Gasteiger partial charge in [0.05, 0.1) is 12.6 Å². The second kappa shape index (κ2) is 5.32. The van der Waals surface area contributed by atoms with Gasteiger partial charge in [-0.15, -0.1) is 12.4 Å². The Hall–Kier alpha value is -0.350. The molecule has 1 rings (SSSR count). The first-order chi connectivity index (χ1) is 5.24. The van der Waals surface area contributed by atoms with Crippen molar-refractivity contribution >= 4 is 24.0 Å². The molecule has 0 fully saturated rings. The normalized spacial score (nSPS) is 11.9. The molecule has 0 saturated carbocycles. The predicted octanol–water partition coefficient (Wildman–Crippen LogP) is 1.15. The molecular weight excluding hydrogens is 199 g/mol. The van der Waals surface area contributed by atoms with Gasteiger partial charge >= 0.3 is 0 Å². The van der Waals surface area contributed by atoms with Crippen LogP contribution < -0.4 is 5.73 Å². The third-order valence-corrected chi connectivity index (χ3v) is 1.60. The summed E-state index contributed by atoms with van der Waals surface area (Å²) in [7, 11) is 0. The van der Waals surface area contributed by atoms with Gasteiger partial charge in [0, 0.05) is 6.20 Å². The summed E-state index contributed by atoms with van der Waals surface area (Å²) in [6.45, 7) is -0.0800. The Morgan fingerprint density at radius 2 is 2.25 bits per heavy atom. The van der Waals surface area contributed by atoms with Crippen LogP contribution in [0, 0.1) is 0 Å². The molecule has 0 aliphatic carbocycles. The number of hydrogen-bond donors (Lipinski definition) is 2. The molecule has 0 amide bonds. The summed E-state index contributed by atoms with van der Waals surface area (Å²) in [4.78, 5) is 3.82. The SMILES string of the molecule is Cl.NC(CO)c1ccc(Cl)nc1. The summed E-state index contributed by atoms with van der Waals surface area (Å²) in [5.41, 5.74) is 6.30. The van der Waals surface area contributed by atoms with Crippen molar-refractivity contribution in [2.24, 2.45) is 5.73 Å². The summed E-state index contributed by atoms with van der Waals surface area (Å²) >= 11 is 5.55. The fourth-order valence-electron chi connectivity index (χ4n) is 0.712. The van der Waals surface area contributed by atoms with Crippen LogP contribution in [0.3, 0.4) is 0 Å². The molecule has 3 nitrogen and oxygen atoms in total. The van der Waals surface area contributed by atoms with Crippen molar-refractivity contribution in [3.8, 4) is 0 Å². The van der Waals surface area contributed by atoms with Gasteiger partial charge in [0.2, 0.25) is 0 Å². The second-order valence-corrected chi connectivity index (χ2v) is 2.59. The van der Waals surface area contributed by atoms with E-state index in [4.69, 9.17) is 22.4 Å². The monoisotopic (exact) mass is 208 g/mol. The number of aliphatic hydroxyl groups is 1. The summed E-state index contributed by atoms with van der Waals surface area (Å²) in [6, 6.07) is 3.03. The van der Waals surface area contributed by atoms with Crippen LogP contribution in [0.2, 0.25) is 5.15 Å². The van der Waals surface area contributed by atoms with Crippen LogP contribution in [-0.2, 0) is 0 Å². The van der Waals surface area contributed by atoms with Gasteiger partial charge in [0.15, 0.2) is 0 Å². The van der Waals surface area contributed by atoms with E-state index in [0.29, 0.717) is 5.15 Å². The van der Waals surface area contributed by atoms with Crippen LogP contribution in [-0.4, -0.2) is 16.7 Å². The molecule has 3 N–H and O–H groups in total. The first-order valence-corrected chi connectivity index (χ1v) is 3.59. The summed E-state index contributed by atoms with van der Waals surface area (Å²) in [5.74, 6) is 0. The zero-order valence-corrected chi connectivity index (χ0v) is 7.85. The highest BCUT2D eigenvalue weighted by atomic mass is 35.5. The molecule has 1 unspecified atom stereocenters. The first-order valence-electron chi connectivity index (χ1n) is 3.22. The molecule has 68 valence electrons. The van der Waals surface area contributed by atoms with E-state index in [-0.39, 0.29) is 25.1 Å². The average Bonchev–Trinajstić information content (AvgIpc) is 2.05. The largest absolute Gasteiger partial charge is 0.394 e. The van der Waals surface area contributed by atoms with Crippen LogP contribution in [0.15, 0.2) is 18.3 Å². The minimum atomic E-state index is -0.361. The standard InChI is InChI=1S/C7H9ClN2O.ClH/c8-7-2-1-5(3-10-7)6(9)4-11;/h1-3,6,11H,4,9H2;1H. The lowest BCUT2D eigenvalue weighted by molar-refractivity contribution is 0.268. The fraction of sp³-hybridized carbons (Fsp3) is 0.286. The Balaban J connectivity index is 0.00000121. The molecule has 0 spiro atoms. The molecule has 0 radical (unpaired) electrons. The summed E-state index contributed by atoms with van der Waals surface area (Å²) in [6.07, 6.45) is 1.56. The number of aliphatic hydroxyl groups excluding tert-OH is 1. The van der Waals surface area contributed by atoms with E-state index in [0.717, 1.165) is 5.56 Å². The minimum Gasteiger partial charge on any atom is -0.394 e. The van der Waals surface area contributed by atoms with Gasteiger partial charge in [0.1, 0.15) is 5.15 Å². The zero-order chi connectivity index (χ0) is 8.27. The van der Waals surface area contributed by atoms with Crippen LogP contribution in [0.1, 0.15) is 11.6 Å². The van der Waals surface area contributed by atoms with Crippen LogP contribution in [0.4, 0.5) is 0 Å². The lowest BCUT2D eigenvalue weighted by Gasteiger charge is -2.06. The van der Waals surface area contributed by atoms with E-state index < -0.39 is 0 Å². The Labute approximate surface area is 82.0 Å². The van der Waals surface area contributed by atoms with Crippen molar-refractivity contribution in [2.45, 2.75) is 6.04 Å². The maximum Gasteiger partial charge on any atom is 0.129 e. The number of nitrogens with zero attached hydrogens (tertiary/aromatic N) is 1. The molecule has 0 saturated heterocycles. The van der Waals surface area contributed by atoms with Crippen LogP contribution in [0.25, 0.3) is 0 Å². The van der Waals surface area contributed by atoms with Gasteiger partial charge in [-0.3, -0.25) is 0 Å². The minimum absolute atomic E-state index is 0. The third-order valence-electron chi connectivity index (χ3n) is 1.38. The Morgan fingerprint density at radius 3 is 2.67 bits per heavy atom. The van der Waals surface area contributed by atoms with E-state index in [1.54, 1.807) is 18.3 Å². The Bertz CT molecular complexity index is 227. The van der Waals surface area contributed by atoms with Gasteiger partial charge < -0.3 is 10.8 Å². The topological polar surface area (TPSA) is 59.1 Å². The van der Waals surface area contributed by atoms with Crippen molar-refractivity contribution < 1.29 is 5.11 Å². The number of nitrogens with two attached hydrogens (primary N) is 1.